The van der Waals surface area contributed by atoms with E-state index in [0.717, 1.165) is 12.0 Å². The van der Waals surface area contributed by atoms with Gasteiger partial charge in [-0.3, -0.25) is 4.79 Å². The lowest BCUT2D eigenvalue weighted by Gasteiger charge is -2.21. The van der Waals surface area contributed by atoms with Crippen LogP contribution in [-0.4, -0.2) is 36.5 Å². The Morgan fingerprint density at radius 3 is 2.68 bits per heavy atom. The summed E-state index contributed by atoms with van der Waals surface area (Å²) in [5.74, 6) is 0.797. The first-order chi connectivity index (χ1) is 14.7. The third-order valence-electron chi connectivity index (χ3n) is 5.16. The van der Waals surface area contributed by atoms with E-state index in [1.54, 1.807) is 19.1 Å². The zero-order valence-corrected chi connectivity index (χ0v) is 18.3. The predicted molar refractivity (Wildman–Crippen MR) is 119 cm³/mol. The van der Waals surface area contributed by atoms with E-state index in [2.05, 4.69) is 16.9 Å². The molecule has 1 fully saturated rings. The summed E-state index contributed by atoms with van der Waals surface area (Å²) in [5, 5.41) is 3.16. The third-order valence-corrected chi connectivity index (χ3v) is 5.46. The van der Waals surface area contributed by atoms with Crippen molar-refractivity contribution in [1.29, 1.82) is 0 Å². The number of halogens is 3. The Labute approximate surface area is 186 Å². The lowest BCUT2D eigenvalue weighted by molar-refractivity contribution is -0.117. The highest BCUT2D eigenvalue weighted by Crippen LogP contribution is 2.31. The zero-order valence-electron chi connectivity index (χ0n) is 17.6. The number of carbonyl (C=O) groups excluding carboxylic acids is 1. The second-order valence-corrected chi connectivity index (χ2v) is 8.14. The summed E-state index contributed by atoms with van der Waals surface area (Å²) in [6.45, 7) is 8.33. The first kappa shape index (κ1) is 23.0. The molecule has 3 rings (SSSR count). The normalized spacial score (nSPS) is 17.0. The Bertz CT molecular complexity index is 937. The van der Waals surface area contributed by atoms with Crippen molar-refractivity contribution in [2.24, 2.45) is 0 Å². The second kappa shape index (κ2) is 10.1. The van der Waals surface area contributed by atoms with Crippen LogP contribution in [0.2, 0.25) is 5.02 Å². The van der Waals surface area contributed by atoms with Gasteiger partial charge in [0.1, 0.15) is 17.7 Å². The number of ether oxygens (including phenoxy) is 1. The van der Waals surface area contributed by atoms with E-state index < -0.39 is 6.43 Å². The Kier molecular flexibility index (Phi) is 7.49. The second-order valence-electron chi connectivity index (χ2n) is 7.73. The highest BCUT2D eigenvalue weighted by Gasteiger charge is 2.27. The summed E-state index contributed by atoms with van der Waals surface area (Å²) in [7, 11) is 0. The highest BCUT2D eigenvalue weighted by atomic mass is 35.5. The van der Waals surface area contributed by atoms with Gasteiger partial charge in [-0.1, -0.05) is 25.1 Å². The summed E-state index contributed by atoms with van der Waals surface area (Å²) in [5.41, 5.74) is 1.95. The number of alkyl halides is 2. The largest absolute Gasteiger partial charge is 0.489 e. The fourth-order valence-corrected chi connectivity index (χ4v) is 3.78. The van der Waals surface area contributed by atoms with Gasteiger partial charge in [-0.25, -0.2) is 13.8 Å². The van der Waals surface area contributed by atoms with Crippen LogP contribution >= 0.6 is 11.6 Å². The van der Waals surface area contributed by atoms with Crippen LogP contribution in [0.1, 0.15) is 43.9 Å². The molecule has 1 aromatic heterocycles. The molecule has 2 heterocycles. The van der Waals surface area contributed by atoms with Gasteiger partial charge < -0.3 is 15.0 Å². The van der Waals surface area contributed by atoms with Crippen LogP contribution in [-0.2, 0) is 4.79 Å². The minimum absolute atomic E-state index is 0.0515. The SMILES string of the molecule is C=C(NC(C)=O)c1ccc(O[C@@H]2CCN(c3nc(C(C)CC(F)F)ccc3Cl)C2)cc1. The number of pyridine rings is 1. The van der Waals surface area contributed by atoms with Crippen molar-refractivity contribution in [2.75, 3.05) is 18.0 Å². The van der Waals surface area contributed by atoms with Gasteiger partial charge in [0.2, 0.25) is 12.3 Å². The molecular formula is C23H26ClF2N3O2. The van der Waals surface area contributed by atoms with E-state index in [9.17, 15) is 13.6 Å². The predicted octanol–water partition coefficient (Wildman–Crippen LogP) is 5.26. The number of carbonyl (C=O) groups is 1. The van der Waals surface area contributed by atoms with E-state index in [0.29, 0.717) is 41.1 Å². The minimum Gasteiger partial charge on any atom is -0.489 e. The van der Waals surface area contributed by atoms with Crippen molar-refractivity contribution in [2.45, 2.75) is 45.1 Å². The van der Waals surface area contributed by atoms with Gasteiger partial charge in [0.25, 0.3) is 0 Å². The van der Waals surface area contributed by atoms with Crippen molar-refractivity contribution in [3.05, 3.63) is 59.3 Å². The van der Waals surface area contributed by atoms with Crippen molar-refractivity contribution in [1.82, 2.24) is 10.3 Å². The molecule has 31 heavy (non-hydrogen) atoms. The number of rotatable bonds is 8. The van der Waals surface area contributed by atoms with Crippen molar-refractivity contribution in [3.8, 4) is 5.75 Å². The Morgan fingerprint density at radius 2 is 2.03 bits per heavy atom. The molecule has 166 valence electrons. The smallest absolute Gasteiger partial charge is 0.239 e. The molecule has 1 aromatic carbocycles. The number of nitrogens with one attached hydrogen (secondary N) is 1. The first-order valence-corrected chi connectivity index (χ1v) is 10.5. The fourth-order valence-electron chi connectivity index (χ4n) is 3.56. The number of anilines is 1. The lowest BCUT2D eigenvalue weighted by atomic mass is 10.0. The van der Waals surface area contributed by atoms with Crippen molar-refractivity contribution < 1.29 is 18.3 Å². The maximum Gasteiger partial charge on any atom is 0.239 e. The quantitative estimate of drug-likeness (QED) is 0.597. The molecule has 0 radical (unpaired) electrons. The molecule has 0 aliphatic carbocycles. The number of aromatic nitrogens is 1. The number of nitrogens with zero attached hydrogens (tertiary/aromatic N) is 2. The zero-order chi connectivity index (χ0) is 22.5. The average molecular weight is 450 g/mol. The van der Waals surface area contributed by atoms with Crippen LogP contribution in [0.5, 0.6) is 5.75 Å². The van der Waals surface area contributed by atoms with Crippen LogP contribution in [0.15, 0.2) is 43.0 Å². The topological polar surface area (TPSA) is 54.5 Å². The molecular weight excluding hydrogens is 424 g/mol. The number of hydrogen-bond donors (Lipinski definition) is 1. The molecule has 0 saturated carbocycles. The van der Waals surface area contributed by atoms with E-state index in [-0.39, 0.29) is 24.3 Å². The summed E-state index contributed by atoms with van der Waals surface area (Å²) in [4.78, 5) is 17.7. The fraction of sp³-hybridized carbons (Fsp3) is 0.391. The molecule has 1 aliphatic heterocycles. The van der Waals surface area contributed by atoms with Crippen LogP contribution in [0.3, 0.4) is 0 Å². The third kappa shape index (κ3) is 6.17. The Balaban J connectivity index is 1.63. The van der Waals surface area contributed by atoms with Gasteiger partial charge in [-0.15, -0.1) is 0 Å². The maximum absolute atomic E-state index is 12.7. The van der Waals surface area contributed by atoms with Gasteiger partial charge in [-0.05, 0) is 42.0 Å². The van der Waals surface area contributed by atoms with E-state index >= 15 is 0 Å². The molecule has 2 atom stereocenters. The number of amides is 1. The average Bonchev–Trinajstić information content (AvgIpc) is 3.16. The molecule has 2 aromatic rings. The van der Waals surface area contributed by atoms with E-state index in [4.69, 9.17) is 16.3 Å². The van der Waals surface area contributed by atoms with Gasteiger partial charge in [-0.2, -0.15) is 0 Å². The standard InChI is InChI=1S/C23H26ClF2N3O2/c1-14(12-22(25)26)21-9-8-20(24)23(28-21)29-11-10-19(13-29)31-18-6-4-17(5-7-18)15(2)27-16(3)30/h4-9,14,19,22H,2,10-13H2,1,3H3,(H,27,30)/t14?,19-/m1/s1. The molecule has 0 spiro atoms. The van der Waals surface area contributed by atoms with Gasteiger partial charge in [0, 0.05) is 43.6 Å². The molecule has 1 unspecified atom stereocenters. The highest BCUT2D eigenvalue weighted by molar-refractivity contribution is 6.32. The van der Waals surface area contributed by atoms with Crippen LogP contribution in [0.4, 0.5) is 14.6 Å². The monoisotopic (exact) mass is 449 g/mol. The molecule has 1 amide bonds. The van der Waals surface area contributed by atoms with Gasteiger partial charge in [0.05, 0.1) is 11.6 Å². The summed E-state index contributed by atoms with van der Waals surface area (Å²) >= 11 is 6.35. The molecule has 1 N–H and O–H groups in total. The van der Waals surface area contributed by atoms with Gasteiger partial charge in [0.15, 0.2) is 0 Å². The van der Waals surface area contributed by atoms with Gasteiger partial charge >= 0.3 is 0 Å². The molecule has 5 nitrogen and oxygen atoms in total. The molecule has 1 aliphatic rings. The minimum atomic E-state index is -2.37. The van der Waals surface area contributed by atoms with Crippen LogP contribution in [0.25, 0.3) is 5.70 Å². The summed E-state index contributed by atoms with van der Waals surface area (Å²) in [6.07, 6.45) is -1.87. The Hall–Kier alpha value is -2.67. The van der Waals surface area contributed by atoms with Crippen molar-refractivity contribution >= 4 is 29.0 Å². The van der Waals surface area contributed by atoms with E-state index in [1.807, 2.05) is 29.2 Å². The number of hydrogen-bond acceptors (Lipinski definition) is 4. The molecule has 0 bridgehead atoms. The summed E-state index contributed by atoms with van der Waals surface area (Å²) < 4.78 is 31.5. The number of benzene rings is 1. The maximum atomic E-state index is 12.7. The van der Waals surface area contributed by atoms with Crippen LogP contribution in [0, 0.1) is 0 Å². The first-order valence-electron chi connectivity index (χ1n) is 10.2. The lowest BCUT2D eigenvalue weighted by Crippen LogP contribution is -2.26. The van der Waals surface area contributed by atoms with Crippen molar-refractivity contribution in [3.63, 3.8) is 0 Å². The Morgan fingerprint density at radius 1 is 1.32 bits per heavy atom. The molecule has 1 saturated heterocycles. The van der Waals surface area contributed by atoms with Crippen LogP contribution < -0.4 is 15.0 Å². The summed E-state index contributed by atoms with van der Waals surface area (Å²) in [6, 6.07) is 10.8. The molecule has 8 heteroatoms. The van der Waals surface area contributed by atoms with E-state index in [1.165, 1.54) is 6.92 Å².